The number of aryl methyl sites for hydroxylation is 1. The molecule has 1 N–H and O–H groups in total. The van der Waals surface area contributed by atoms with Gasteiger partial charge in [-0.15, -0.1) is 0 Å². The lowest BCUT2D eigenvalue weighted by Crippen LogP contribution is -1.84. The zero-order valence-corrected chi connectivity index (χ0v) is 8.04. The van der Waals surface area contributed by atoms with Crippen molar-refractivity contribution in [2.24, 2.45) is 0 Å². The molecule has 0 aliphatic rings. The van der Waals surface area contributed by atoms with Gasteiger partial charge in [0.25, 0.3) is 0 Å². The van der Waals surface area contributed by atoms with Crippen LogP contribution in [0.5, 0.6) is 0 Å². The van der Waals surface area contributed by atoms with Gasteiger partial charge in [-0.05, 0) is 24.0 Å². The lowest BCUT2D eigenvalue weighted by atomic mass is 10.2. The summed E-state index contributed by atoms with van der Waals surface area (Å²) >= 11 is 1.41. The highest BCUT2D eigenvalue weighted by Crippen LogP contribution is 2.22. The molecule has 0 unspecified atom stereocenters. The molecule has 0 aromatic heterocycles. The first-order valence-electron chi connectivity index (χ1n) is 3.82. The van der Waals surface area contributed by atoms with Crippen LogP contribution in [0.3, 0.4) is 0 Å². The van der Waals surface area contributed by atoms with E-state index < -0.39 is 5.97 Å². The molecule has 3 heteroatoms. The Morgan fingerprint density at radius 3 is 2.77 bits per heavy atom. The van der Waals surface area contributed by atoms with Gasteiger partial charge in [-0.1, -0.05) is 30.0 Å². The molecule has 0 bridgehead atoms. The predicted molar refractivity (Wildman–Crippen MR) is 53.8 cm³/mol. The van der Waals surface area contributed by atoms with Crippen LogP contribution in [-0.4, -0.2) is 11.1 Å². The van der Waals surface area contributed by atoms with Gasteiger partial charge in [0.2, 0.25) is 0 Å². The molecule has 1 rings (SSSR count). The quantitative estimate of drug-likeness (QED) is 0.593. The fourth-order valence-electron chi connectivity index (χ4n) is 0.854. The van der Waals surface area contributed by atoms with E-state index in [1.54, 1.807) is 5.41 Å². The molecular weight excluding hydrogens is 184 g/mol. The number of hydrogen-bond donors (Lipinski definition) is 1. The van der Waals surface area contributed by atoms with Gasteiger partial charge in [-0.25, -0.2) is 4.79 Å². The van der Waals surface area contributed by atoms with Crippen molar-refractivity contribution in [3.05, 3.63) is 41.3 Å². The van der Waals surface area contributed by atoms with Crippen LogP contribution in [-0.2, 0) is 4.79 Å². The summed E-state index contributed by atoms with van der Waals surface area (Å²) < 4.78 is 0. The second kappa shape index (κ2) is 4.72. The summed E-state index contributed by atoms with van der Waals surface area (Å²) in [5, 5.41) is 9.93. The Kier molecular flexibility index (Phi) is 3.58. The molecule has 2 nitrogen and oxygen atoms in total. The van der Waals surface area contributed by atoms with Crippen molar-refractivity contribution < 1.29 is 9.90 Å². The van der Waals surface area contributed by atoms with Crippen LogP contribution in [0.1, 0.15) is 5.56 Å². The maximum atomic E-state index is 10.2. The van der Waals surface area contributed by atoms with E-state index in [2.05, 4.69) is 0 Å². The molecule has 68 valence electrons. The van der Waals surface area contributed by atoms with E-state index in [0.717, 1.165) is 16.5 Å². The zero-order valence-electron chi connectivity index (χ0n) is 7.23. The molecule has 0 aliphatic heterocycles. The van der Waals surface area contributed by atoms with Gasteiger partial charge in [0.05, 0.1) is 0 Å². The predicted octanol–water partition coefficient (Wildman–Crippen LogP) is 2.69. The number of rotatable bonds is 3. The Morgan fingerprint density at radius 2 is 2.15 bits per heavy atom. The van der Waals surface area contributed by atoms with Gasteiger partial charge in [0, 0.05) is 11.0 Å². The topological polar surface area (TPSA) is 37.3 Å². The number of aliphatic carboxylic acids is 1. The number of benzene rings is 1. The Balaban J connectivity index is 2.64. The molecule has 0 radical (unpaired) electrons. The van der Waals surface area contributed by atoms with E-state index in [1.807, 2.05) is 31.2 Å². The molecule has 0 saturated carbocycles. The third-order valence-corrected chi connectivity index (χ3v) is 2.48. The molecule has 0 amide bonds. The van der Waals surface area contributed by atoms with E-state index in [0.29, 0.717) is 0 Å². The number of thioether (sulfide) groups is 1. The number of carboxylic acid groups (broad SMARTS) is 1. The van der Waals surface area contributed by atoms with Crippen molar-refractivity contribution >= 4 is 17.7 Å². The zero-order chi connectivity index (χ0) is 9.68. The summed E-state index contributed by atoms with van der Waals surface area (Å²) in [5.74, 6) is -0.916. The van der Waals surface area contributed by atoms with E-state index in [1.165, 1.54) is 11.8 Å². The average Bonchev–Trinajstić information content (AvgIpc) is 2.08. The Labute approximate surface area is 81.3 Å². The van der Waals surface area contributed by atoms with Crippen molar-refractivity contribution in [1.82, 2.24) is 0 Å². The van der Waals surface area contributed by atoms with E-state index >= 15 is 0 Å². The molecule has 0 atom stereocenters. The minimum atomic E-state index is -0.916. The van der Waals surface area contributed by atoms with E-state index in [9.17, 15) is 4.79 Å². The molecule has 0 heterocycles. The fourth-order valence-corrected chi connectivity index (χ4v) is 1.60. The highest BCUT2D eigenvalue weighted by Gasteiger charge is 1.94. The lowest BCUT2D eigenvalue weighted by Gasteiger charge is -1.99. The first-order chi connectivity index (χ1) is 6.20. The molecule has 1 aromatic rings. The van der Waals surface area contributed by atoms with Crippen molar-refractivity contribution in [3.63, 3.8) is 0 Å². The maximum Gasteiger partial charge on any atom is 0.328 e. The normalized spacial score (nSPS) is 10.5. The number of carboxylic acids is 1. The maximum absolute atomic E-state index is 10.2. The number of carbonyl (C=O) groups is 1. The van der Waals surface area contributed by atoms with Crippen molar-refractivity contribution in [2.45, 2.75) is 11.8 Å². The third kappa shape index (κ3) is 3.34. The minimum Gasteiger partial charge on any atom is -0.478 e. The van der Waals surface area contributed by atoms with E-state index in [-0.39, 0.29) is 0 Å². The highest BCUT2D eigenvalue weighted by molar-refractivity contribution is 8.02. The summed E-state index contributed by atoms with van der Waals surface area (Å²) in [7, 11) is 0. The van der Waals surface area contributed by atoms with Crippen LogP contribution in [0.15, 0.2) is 40.6 Å². The molecule has 0 aliphatic carbocycles. The summed E-state index contributed by atoms with van der Waals surface area (Å²) in [4.78, 5) is 11.3. The van der Waals surface area contributed by atoms with Gasteiger partial charge in [-0.3, -0.25) is 0 Å². The van der Waals surface area contributed by atoms with Gasteiger partial charge in [-0.2, -0.15) is 0 Å². The standard InChI is InChI=1S/C10H10O2S/c1-8-4-2-3-5-9(8)13-7-6-10(11)12/h2-7H,1H3,(H,11,12)/b7-6+. The van der Waals surface area contributed by atoms with Crippen LogP contribution in [0.4, 0.5) is 0 Å². The van der Waals surface area contributed by atoms with Crippen molar-refractivity contribution in [2.75, 3.05) is 0 Å². The first-order valence-corrected chi connectivity index (χ1v) is 4.70. The second-order valence-electron chi connectivity index (χ2n) is 2.52. The highest BCUT2D eigenvalue weighted by atomic mass is 32.2. The molecule has 13 heavy (non-hydrogen) atoms. The molecule has 1 aromatic carbocycles. The second-order valence-corrected chi connectivity index (χ2v) is 3.47. The first kappa shape index (κ1) is 9.86. The van der Waals surface area contributed by atoms with Gasteiger partial charge >= 0.3 is 5.97 Å². The molecule has 0 saturated heterocycles. The van der Waals surface area contributed by atoms with Crippen LogP contribution in [0.2, 0.25) is 0 Å². The van der Waals surface area contributed by atoms with Gasteiger partial charge in [0.1, 0.15) is 0 Å². The SMILES string of the molecule is Cc1ccccc1S/C=C/C(=O)O. The minimum absolute atomic E-state index is 0.916. The summed E-state index contributed by atoms with van der Waals surface area (Å²) in [5.41, 5.74) is 1.16. The Bertz CT molecular complexity index is 331. The molecule has 0 fully saturated rings. The largest absolute Gasteiger partial charge is 0.478 e. The summed E-state index contributed by atoms with van der Waals surface area (Å²) in [6.07, 6.45) is 1.14. The van der Waals surface area contributed by atoms with Crippen LogP contribution >= 0.6 is 11.8 Å². The van der Waals surface area contributed by atoms with Gasteiger partial charge < -0.3 is 5.11 Å². The lowest BCUT2D eigenvalue weighted by molar-refractivity contribution is -0.131. The monoisotopic (exact) mass is 194 g/mol. The van der Waals surface area contributed by atoms with Crippen molar-refractivity contribution in [3.8, 4) is 0 Å². The van der Waals surface area contributed by atoms with Crippen LogP contribution < -0.4 is 0 Å². The average molecular weight is 194 g/mol. The number of hydrogen-bond acceptors (Lipinski definition) is 2. The van der Waals surface area contributed by atoms with Crippen molar-refractivity contribution in [1.29, 1.82) is 0 Å². The van der Waals surface area contributed by atoms with Crippen LogP contribution in [0, 0.1) is 6.92 Å². The third-order valence-electron chi connectivity index (χ3n) is 1.50. The van der Waals surface area contributed by atoms with Crippen LogP contribution in [0.25, 0.3) is 0 Å². The molecule has 0 spiro atoms. The summed E-state index contributed by atoms with van der Waals surface area (Å²) in [6, 6.07) is 7.85. The van der Waals surface area contributed by atoms with Gasteiger partial charge in [0.15, 0.2) is 0 Å². The fraction of sp³-hybridized carbons (Fsp3) is 0.100. The summed E-state index contributed by atoms with van der Waals surface area (Å²) in [6.45, 7) is 2.00. The Morgan fingerprint density at radius 1 is 1.46 bits per heavy atom. The smallest absolute Gasteiger partial charge is 0.328 e. The Hall–Kier alpha value is -1.22. The molecular formula is C10H10O2S. The van der Waals surface area contributed by atoms with E-state index in [4.69, 9.17) is 5.11 Å².